The molecular formula is C22H28N4O6. The molecule has 0 radical (unpaired) electrons. The minimum Gasteiger partial charge on any atom is -0.471 e. The summed E-state index contributed by atoms with van der Waals surface area (Å²) in [6.45, 7) is 4.12. The van der Waals surface area contributed by atoms with Crippen molar-refractivity contribution in [3.63, 3.8) is 0 Å². The van der Waals surface area contributed by atoms with Gasteiger partial charge in [0.05, 0.1) is 12.9 Å². The van der Waals surface area contributed by atoms with Crippen LogP contribution in [0.15, 0.2) is 43.0 Å². The summed E-state index contributed by atoms with van der Waals surface area (Å²) in [7, 11) is 3.06. The Kier molecular flexibility index (Phi) is 6.68. The third-order valence-corrected chi connectivity index (χ3v) is 5.27. The molecule has 3 heterocycles. The van der Waals surface area contributed by atoms with Crippen LogP contribution in [-0.2, 0) is 25.6 Å². The number of nitrogens with zero attached hydrogens (tertiary/aromatic N) is 4. The number of hydrogen-bond donors (Lipinski definition) is 1. The molecule has 172 valence electrons. The molecule has 0 amide bonds. The number of rotatable bonds is 9. The van der Waals surface area contributed by atoms with E-state index in [1.165, 1.54) is 13.4 Å². The third kappa shape index (κ3) is 4.59. The predicted octanol–water partition coefficient (Wildman–Crippen LogP) is 2.08. The lowest BCUT2D eigenvalue weighted by molar-refractivity contribution is -0.169. The second-order valence-corrected chi connectivity index (χ2v) is 7.99. The van der Waals surface area contributed by atoms with Gasteiger partial charge in [-0.3, -0.25) is 4.57 Å². The largest absolute Gasteiger partial charge is 0.471 e. The van der Waals surface area contributed by atoms with Crippen LogP contribution in [0.5, 0.6) is 5.88 Å². The maximum Gasteiger partial charge on any atom is 0.245 e. The number of hydrogen-bond acceptors (Lipinski definition) is 9. The van der Waals surface area contributed by atoms with E-state index in [0.29, 0.717) is 23.7 Å². The summed E-state index contributed by atoms with van der Waals surface area (Å²) in [5, 5.41) is 11.0. The monoisotopic (exact) mass is 444 g/mol. The predicted molar refractivity (Wildman–Crippen MR) is 114 cm³/mol. The highest BCUT2D eigenvalue weighted by atomic mass is 16.8. The molecule has 1 saturated heterocycles. The fourth-order valence-electron chi connectivity index (χ4n) is 3.76. The molecule has 1 aromatic carbocycles. The third-order valence-electron chi connectivity index (χ3n) is 5.27. The number of aliphatic hydroxyl groups is 1. The SMILES string of the molecule is COC[C@@H](OC)[C@@H](O)[C@@H]1OC(C)(C)O[C@H]1n1cnc2c(OCc3ccccc3)ncnc21. The molecule has 0 bridgehead atoms. The van der Waals surface area contributed by atoms with Crippen molar-refractivity contribution in [2.75, 3.05) is 20.8 Å². The smallest absolute Gasteiger partial charge is 0.245 e. The van der Waals surface area contributed by atoms with Gasteiger partial charge in [-0.1, -0.05) is 30.3 Å². The molecule has 1 aliphatic rings. The number of fused-ring (bicyclic) bond motifs is 1. The first-order chi connectivity index (χ1) is 15.4. The van der Waals surface area contributed by atoms with Crippen LogP contribution in [0.25, 0.3) is 11.2 Å². The molecule has 0 aliphatic carbocycles. The van der Waals surface area contributed by atoms with E-state index >= 15 is 0 Å². The molecule has 32 heavy (non-hydrogen) atoms. The van der Waals surface area contributed by atoms with Gasteiger partial charge in [-0.2, -0.15) is 4.98 Å². The first-order valence-corrected chi connectivity index (χ1v) is 10.3. The van der Waals surface area contributed by atoms with E-state index in [2.05, 4.69) is 15.0 Å². The molecule has 10 heteroatoms. The molecule has 1 fully saturated rings. The van der Waals surface area contributed by atoms with Gasteiger partial charge in [-0.05, 0) is 19.4 Å². The number of imidazole rings is 1. The Morgan fingerprint density at radius 1 is 1.12 bits per heavy atom. The zero-order valence-corrected chi connectivity index (χ0v) is 18.5. The van der Waals surface area contributed by atoms with Crippen molar-refractivity contribution in [2.24, 2.45) is 0 Å². The minimum atomic E-state index is -1.01. The zero-order valence-electron chi connectivity index (χ0n) is 18.5. The van der Waals surface area contributed by atoms with Crippen molar-refractivity contribution < 1.29 is 28.8 Å². The van der Waals surface area contributed by atoms with Gasteiger partial charge in [0, 0.05) is 14.2 Å². The first-order valence-electron chi connectivity index (χ1n) is 10.3. The van der Waals surface area contributed by atoms with Gasteiger partial charge in [0.1, 0.15) is 31.2 Å². The lowest BCUT2D eigenvalue weighted by atomic mass is 10.1. The van der Waals surface area contributed by atoms with Crippen molar-refractivity contribution in [3.8, 4) is 5.88 Å². The van der Waals surface area contributed by atoms with Crippen molar-refractivity contribution in [2.45, 2.75) is 50.8 Å². The fourth-order valence-corrected chi connectivity index (χ4v) is 3.76. The number of benzene rings is 1. The zero-order chi connectivity index (χ0) is 22.7. The molecule has 4 rings (SSSR count). The summed E-state index contributed by atoms with van der Waals surface area (Å²) in [6, 6.07) is 9.79. The van der Waals surface area contributed by atoms with E-state index in [0.717, 1.165) is 5.56 Å². The average Bonchev–Trinajstić information content (AvgIpc) is 3.36. The number of methoxy groups -OCH3 is 2. The fraction of sp³-hybridized carbons (Fsp3) is 0.500. The first kappa shape index (κ1) is 22.6. The molecule has 0 saturated carbocycles. The summed E-state index contributed by atoms with van der Waals surface area (Å²) < 4.78 is 30.3. The summed E-state index contributed by atoms with van der Waals surface area (Å²) >= 11 is 0. The summed E-state index contributed by atoms with van der Waals surface area (Å²) in [5.74, 6) is -0.570. The van der Waals surface area contributed by atoms with E-state index in [9.17, 15) is 5.11 Å². The molecule has 2 aromatic heterocycles. The van der Waals surface area contributed by atoms with Crippen molar-refractivity contribution >= 4 is 11.2 Å². The molecule has 0 unspecified atom stereocenters. The van der Waals surface area contributed by atoms with Crippen LogP contribution in [0.4, 0.5) is 0 Å². The number of aliphatic hydroxyl groups excluding tert-OH is 1. The maximum atomic E-state index is 11.0. The topological polar surface area (TPSA) is 110 Å². The molecule has 3 aromatic rings. The quantitative estimate of drug-likeness (QED) is 0.530. The van der Waals surface area contributed by atoms with E-state index in [4.69, 9.17) is 23.7 Å². The second-order valence-electron chi connectivity index (χ2n) is 7.99. The Labute approximate surface area is 186 Å². The maximum absolute atomic E-state index is 11.0. The lowest BCUT2D eigenvalue weighted by Gasteiger charge is -2.28. The van der Waals surface area contributed by atoms with Gasteiger partial charge in [0.15, 0.2) is 23.2 Å². The van der Waals surface area contributed by atoms with Crippen molar-refractivity contribution in [1.29, 1.82) is 0 Å². The summed E-state index contributed by atoms with van der Waals surface area (Å²) in [6.07, 6.45) is -0.0560. The Balaban J connectivity index is 1.62. The van der Waals surface area contributed by atoms with Crippen molar-refractivity contribution in [3.05, 3.63) is 48.5 Å². The highest BCUT2D eigenvalue weighted by Gasteiger charge is 2.48. The standard InChI is InChI=1S/C22H28N4O6/c1-22(2)31-18(17(27)15(29-4)11-28-3)21(32-22)26-13-25-16-19(26)23-12-24-20(16)30-10-14-8-6-5-7-9-14/h5-9,12-13,15,17-18,21,27H,10-11H2,1-4H3/t15-,17-,18+,21-/m1/s1. The van der Waals surface area contributed by atoms with Gasteiger partial charge >= 0.3 is 0 Å². The van der Waals surface area contributed by atoms with E-state index in [1.54, 1.807) is 31.9 Å². The summed E-state index contributed by atoms with van der Waals surface area (Å²) in [4.78, 5) is 13.1. The number of aromatic nitrogens is 4. The van der Waals surface area contributed by atoms with Crippen LogP contribution >= 0.6 is 0 Å². The normalized spacial score (nSPS) is 22.2. The van der Waals surface area contributed by atoms with Gasteiger partial charge in [-0.25, -0.2) is 9.97 Å². The van der Waals surface area contributed by atoms with Crippen LogP contribution in [0, 0.1) is 0 Å². The molecule has 1 N–H and O–H groups in total. The Morgan fingerprint density at radius 2 is 1.91 bits per heavy atom. The molecule has 4 atom stereocenters. The van der Waals surface area contributed by atoms with Crippen LogP contribution < -0.4 is 4.74 Å². The minimum absolute atomic E-state index is 0.203. The molecule has 10 nitrogen and oxygen atoms in total. The second kappa shape index (κ2) is 9.47. The Hall–Kier alpha value is -2.63. The summed E-state index contributed by atoms with van der Waals surface area (Å²) in [5.41, 5.74) is 2.01. The van der Waals surface area contributed by atoms with Gasteiger partial charge in [-0.15, -0.1) is 0 Å². The van der Waals surface area contributed by atoms with Gasteiger partial charge < -0.3 is 28.8 Å². The van der Waals surface area contributed by atoms with Gasteiger partial charge in [0.25, 0.3) is 0 Å². The molecule has 0 spiro atoms. The van der Waals surface area contributed by atoms with E-state index in [1.807, 2.05) is 30.3 Å². The Bertz CT molecular complexity index is 1030. The molecule has 1 aliphatic heterocycles. The number of ether oxygens (including phenoxy) is 5. The highest BCUT2D eigenvalue weighted by Crippen LogP contribution is 2.39. The van der Waals surface area contributed by atoms with Crippen LogP contribution in [0.1, 0.15) is 25.6 Å². The van der Waals surface area contributed by atoms with Crippen LogP contribution in [0.3, 0.4) is 0 Å². The lowest BCUT2D eigenvalue weighted by Crippen LogP contribution is -2.44. The highest BCUT2D eigenvalue weighted by molar-refractivity contribution is 5.76. The van der Waals surface area contributed by atoms with E-state index in [-0.39, 0.29) is 6.61 Å². The van der Waals surface area contributed by atoms with Crippen molar-refractivity contribution in [1.82, 2.24) is 19.5 Å². The Morgan fingerprint density at radius 3 is 2.62 bits per heavy atom. The van der Waals surface area contributed by atoms with Gasteiger partial charge in [0.2, 0.25) is 5.88 Å². The average molecular weight is 444 g/mol. The van der Waals surface area contributed by atoms with E-state index < -0.39 is 30.3 Å². The van der Waals surface area contributed by atoms with Crippen LogP contribution in [0.2, 0.25) is 0 Å². The molecular weight excluding hydrogens is 416 g/mol. The van der Waals surface area contributed by atoms with Crippen LogP contribution in [-0.4, -0.2) is 69.6 Å².